The molecule has 0 rings (SSSR count). The molecular formula is C19H36F3NO2SSi. The number of rotatable bonds is 8. The standard InChI is InChI=1S/C19H36F3NO2SSi/c1-17(2,3)26(24)23-16(13-14-19(20,21)22)12-10-9-11-15-25-27(7,8)18(4,5)6/h16,23H,9,11,13-15H2,1-8H3/t16-,26?/m1/s1. The Kier molecular flexibility index (Phi) is 10.5. The molecule has 0 aromatic rings. The molecule has 0 heterocycles. The maximum Gasteiger partial charge on any atom is 0.389 e. The van der Waals surface area contributed by atoms with Crippen LogP contribution in [0.3, 0.4) is 0 Å². The van der Waals surface area contributed by atoms with E-state index in [1.165, 1.54) is 0 Å². The predicted molar refractivity (Wildman–Crippen MR) is 110 cm³/mol. The van der Waals surface area contributed by atoms with Crippen LogP contribution in [0.25, 0.3) is 0 Å². The lowest BCUT2D eigenvalue weighted by Gasteiger charge is -2.36. The zero-order valence-electron chi connectivity index (χ0n) is 18.0. The minimum atomic E-state index is -4.25. The third kappa shape index (κ3) is 12.1. The first kappa shape index (κ1) is 26.8. The van der Waals surface area contributed by atoms with E-state index in [-0.39, 0.29) is 11.5 Å². The Bertz CT molecular complexity index is 502. The summed E-state index contributed by atoms with van der Waals surface area (Å²) in [4.78, 5) is 0. The maximum atomic E-state index is 12.5. The normalized spacial score (nSPS) is 15.9. The van der Waals surface area contributed by atoms with Crippen LogP contribution in [0.5, 0.6) is 0 Å². The quantitative estimate of drug-likeness (QED) is 0.239. The third-order valence-corrected chi connectivity index (χ3v) is 10.7. The number of halogens is 3. The average molecular weight is 428 g/mol. The highest BCUT2D eigenvalue weighted by Crippen LogP contribution is 2.36. The van der Waals surface area contributed by atoms with Gasteiger partial charge in [0.1, 0.15) is 10.8 Å². The van der Waals surface area contributed by atoms with E-state index in [0.717, 1.165) is 6.42 Å². The average Bonchev–Trinajstić information content (AvgIpc) is 2.44. The highest BCUT2D eigenvalue weighted by atomic mass is 32.2. The minimum absolute atomic E-state index is 0.141. The van der Waals surface area contributed by atoms with Crippen molar-refractivity contribution in [3.8, 4) is 11.8 Å². The fraction of sp³-hybridized carbons (Fsp3) is 0.895. The highest BCUT2D eigenvalue weighted by Gasteiger charge is 2.36. The van der Waals surface area contributed by atoms with Gasteiger partial charge in [0.05, 0.1) is 0 Å². The first-order valence-electron chi connectivity index (χ1n) is 9.33. The molecule has 0 aliphatic rings. The summed E-state index contributed by atoms with van der Waals surface area (Å²) in [6.07, 6.45) is -4.13. The van der Waals surface area contributed by atoms with Gasteiger partial charge in [0.25, 0.3) is 0 Å². The molecule has 0 spiro atoms. The molecule has 8 heteroatoms. The maximum absolute atomic E-state index is 12.5. The lowest BCUT2D eigenvalue weighted by Crippen LogP contribution is -2.44. The molecular weight excluding hydrogens is 391 g/mol. The van der Waals surface area contributed by atoms with Crippen LogP contribution in [0.4, 0.5) is 13.2 Å². The lowest BCUT2D eigenvalue weighted by atomic mass is 10.1. The number of unbranched alkanes of at least 4 members (excludes halogenated alkanes) is 1. The highest BCUT2D eigenvalue weighted by molar-refractivity contribution is 7.90. The summed E-state index contributed by atoms with van der Waals surface area (Å²) >= 11 is -1.47. The van der Waals surface area contributed by atoms with Crippen molar-refractivity contribution in [1.29, 1.82) is 0 Å². The summed E-state index contributed by atoms with van der Waals surface area (Å²) in [5, 5.41) is 0.141. The summed E-state index contributed by atoms with van der Waals surface area (Å²) in [7, 11) is -1.79. The Morgan fingerprint density at radius 2 is 1.67 bits per heavy atom. The molecule has 3 nitrogen and oxygen atoms in total. The van der Waals surface area contributed by atoms with Crippen molar-refractivity contribution in [1.82, 2.24) is 4.72 Å². The molecule has 1 unspecified atom stereocenters. The van der Waals surface area contributed by atoms with Gasteiger partial charge < -0.3 is 8.98 Å². The first-order chi connectivity index (χ1) is 12.0. The number of hydrogen-bond acceptors (Lipinski definition) is 3. The molecule has 0 bridgehead atoms. The second-order valence-corrected chi connectivity index (χ2v) is 16.0. The Hall–Kier alpha value is -0.203. The Morgan fingerprint density at radius 1 is 1.11 bits per heavy atom. The van der Waals surface area contributed by atoms with Crippen LogP contribution < -0.4 is 4.72 Å². The fourth-order valence-corrected chi connectivity index (χ4v) is 3.55. The first-order valence-corrected chi connectivity index (χ1v) is 13.4. The van der Waals surface area contributed by atoms with Crippen molar-refractivity contribution in [3.05, 3.63) is 0 Å². The van der Waals surface area contributed by atoms with E-state index < -0.39 is 43.1 Å². The molecule has 0 fully saturated rings. The van der Waals surface area contributed by atoms with Gasteiger partial charge in [-0.25, -0.2) is 0 Å². The largest absolute Gasteiger partial charge is 0.598 e. The summed E-state index contributed by atoms with van der Waals surface area (Å²) in [5.74, 6) is 5.75. The molecule has 0 aromatic heterocycles. The van der Waals surface area contributed by atoms with E-state index in [1.807, 2.05) is 0 Å². The van der Waals surface area contributed by atoms with Crippen LogP contribution in [0.1, 0.15) is 67.2 Å². The molecule has 0 aliphatic heterocycles. The van der Waals surface area contributed by atoms with Crippen LogP contribution in [0.2, 0.25) is 18.1 Å². The SMILES string of the molecule is CC(C)(C)[S+]([O-])N[C@H](C#CCCCO[Si](C)(C)C(C)(C)C)CCC(F)(F)F. The van der Waals surface area contributed by atoms with Crippen LogP contribution in [-0.4, -0.2) is 36.4 Å². The van der Waals surface area contributed by atoms with E-state index in [0.29, 0.717) is 13.0 Å². The summed E-state index contributed by atoms with van der Waals surface area (Å²) in [6.45, 7) is 16.8. The Morgan fingerprint density at radius 3 is 2.11 bits per heavy atom. The molecule has 0 aromatic carbocycles. The molecule has 0 saturated heterocycles. The van der Waals surface area contributed by atoms with Crippen LogP contribution in [0, 0.1) is 11.8 Å². The van der Waals surface area contributed by atoms with Gasteiger partial charge in [0.2, 0.25) is 0 Å². The summed E-state index contributed by atoms with van der Waals surface area (Å²) in [6, 6.07) is -0.743. The Labute approximate surface area is 167 Å². The van der Waals surface area contributed by atoms with E-state index in [1.54, 1.807) is 20.8 Å². The minimum Gasteiger partial charge on any atom is -0.598 e. The van der Waals surface area contributed by atoms with Gasteiger partial charge in [-0.3, -0.25) is 0 Å². The molecule has 0 radical (unpaired) electrons. The van der Waals surface area contributed by atoms with E-state index >= 15 is 0 Å². The van der Waals surface area contributed by atoms with Crippen LogP contribution >= 0.6 is 0 Å². The van der Waals surface area contributed by atoms with Crippen molar-refractivity contribution in [2.45, 2.75) is 102 Å². The zero-order chi connectivity index (χ0) is 21.5. The smallest absolute Gasteiger partial charge is 0.389 e. The molecule has 0 aliphatic carbocycles. The van der Waals surface area contributed by atoms with Crippen molar-refractivity contribution >= 4 is 19.7 Å². The molecule has 160 valence electrons. The molecule has 2 atom stereocenters. The molecule has 1 N–H and O–H groups in total. The van der Waals surface area contributed by atoms with Gasteiger partial charge in [-0.05, 0) is 51.7 Å². The number of alkyl halides is 3. The number of nitrogens with one attached hydrogen (secondary N) is 1. The second-order valence-electron chi connectivity index (χ2n) is 9.24. The topological polar surface area (TPSA) is 44.3 Å². The molecule has 0 amide bonds. The lowest BCUT2D eigenvalue weighted by molar-refractivity contribution is -0.135. The van der Waals surface area contributed by atoms with Gasteiger partial charge in [0.15, 0.2) is 8.32 Å². The number of hydrogen-bond donors (Lipinski definition) is 1. The van der Waals surface area contributed by atoms with Crippen molar-refractivity contribution in [3.63, 3.8) is 0 Å². The van der Waals surface area contributed by atoms with E-state index in [4.69, 9.17) is 4.43 Å². The monoisotopic (exact) mass is 427 g/mol. The van der Waals surface area contributed by atoms with E-state index in [2.05, 4.69) is 50.4 Å². The van der Waals surface area contributed by atoms with E-state index in [9.17, 15) is 17.7 Å². The van der Waals surface area contributed by atoms with Crippen molar-refractivity contribution in [2.24, 2.45) is 0 Å². The predicted octanol–water partition coefficient (Wildman–Crippen LogP) is 5.55. The third-order valence-electron chi connectivity index (χ3n) is 4.51. The Balaban J connectivity index is 4.63. The summed E-state index contributed by atoms with van der Waals surface area (Å²) in [5.41, 5.74) is 0. The fourth-order valence-electron chi connectivity index (χ4n) is 1.67. The van der Waals surface area contributed by atoms with Gasteiger partial charge in [0, 0.05) is 30.8 Å². The molecule has 0 saturated carbocycles. The van der Waals surface area contributed by atoms with Crippen LogP contribution in [0.15, 0.2) is 0 Å². The second kappa shape index (κ2) is 10.5. The van der Waals surface area contributed by atoms with Gasteiger partial charge in [-0.15, -0.1) is 10.6 Å². The molecule has 27 heavy (non-hydrogen) atoms. The van der Waals surface area contributed by atoms with Gasteiger partial charge in [-0.2, -0.15) is 13.2 Å². The zero-order valence-corrected chi connectivity index (χ0v) is 19.8. The van der Waals surface area contributed by atoms with Crippen molar-refractivity contribution in [2.75, 3.05) is 6.61 Å². The van der Waals surface area contributed by atoms with Crippen molar-refractivity contribution < 1.29 is 22.2 Å². The summed E-state index contributed by atoms with van der Waals surface area (Å²) < 4.78 is 58.0. The van der Waals surface area contributed by atoms with Crippen LogP contribution in [-0.2, 0) is 15.8 Å². The van der Waals surface area contributed by atoms with Gasteiger partial charge >= 0.3 is 6.18 Å². The van der Waals surface area contributed by atoms with Gasteiger partial charge in [-0.1, -0.05) is 26.7 Å².